The largest absolute Gasteiger partial charge is 0.324 e. The van der Waals surface area contributed by atoms with Crippen LogP contribution in [0, 0.1) is 5.41 Å². The number of anilines is 1. The van der Waals surface area contributed by atoms with Gasteiger partial charge in [-0.25, -0.2) is 0 Å². The Kier molecular flexibility index (Phi) is 5.62. The molecule has 0 spiro atoms. The topological polar surface area (TPSA) is 44.4 Å². The number of rotatable bonds is 5. The Morgan fingerprint density at radius 3 is 2.67 bits per heavy atom. The van der Waals surface area contributed by atoms with E-state index in [0.29, 0.717) is 17.3 Å². The highest BCUT2D eigenvalue weighted by atomic mass is 35.5. The van der Waals surface area contributed by atoms with E-state index in [1.807, 2.05) is 12.1 Å². The second-order valence-corrected chi connectivity index (χ2v) is 6.65. The van der Waals surface area contributed by atoms with Crippen LogP contribution < -0.4 is 10.6 Å². The van der Waals surface area contributed by atoms with Gasteiger partial charge in [0.15, 0.2) is 0 Å². The molecule has 1 saturated heterocycles. The Hall–Kier alpha value is -1.10. The summed E-state index contributed by atoms with van der Waals surface area (Å²) >= 11 is 6.02. The lowest BCUT2D eigenvalue weighted by Gasteiger charge is -2.38. The summed E-state index contributed by atoms with van der Waals surface area (Å²) in [7, 11) is 2.16. The fourth-order valence-corrected chi connectivity index (χ4v) is 2.75. The van der Waals surface area contributed by atoms with Crippen LogP contribution in [0.1, 0.15) is 19.8 Å². The van der Waals surface area contributed by atoms with Crippen LogP contribution in [0.4, 0.5) is 5.69 Å². The third kappa shape index (κ3) is 4.99. The van der Waals surface area contributed by atoms with E-state index in [0.717, 1.165) is 19.6 Å². The number of para-hydroxylation sites is 1. The van der Waals surface area contributed by atoms with Crippen LogP contribution in [0.3, 0.4) is 0 Å². The van der Waals surface area contributed by atoms with Gasteiger partial charge < -0.3 is 15.5 Å². The Labute approximate surface area is 131 Å². The number of nitrogens with zero attached hydrogens (tertiary/aromatic N) is 1. The van der Waals surface area contributed by atoms with Crippen LogP contribution in [0.5, 0.6) is 0 Å². The lowest BCUT2D eigenvalue weighted by Crippen LogP contribution is -2.43. The van der Waals surface area contributed by atoms with E-state index in [9.17, 15) is 4.79 Å². The summed E-state index contributed by atoms with van der Waals surface area (Å²) in [6.07, 6.45) is 2.34. The van der Waals surface area contributed by atoms with E-state index in [-0.39, 0.29) is 11.3 Å². The van der Waals surface area contributed by atoms with Crippen molar-refractivity contribution in [3.05, 3.63) is 29.3 Å². The fourth-order valence-electron chi connectivity index (χ4n) is 2.57. The number of nitrogens with one attached hydrogen (secondary N) is 2. The molecule has 1 amide bonds. The molecule has 116 valence electrons. The van der Waals surface area contributed by atoms with Crippen LogP contribution in [0.2, 0.25) is 5.02 Å². The molecule has 1 aromatic rings. The predicted molar refractivity (Wildman–Crippen MR) is 87.8 cm³/mol. The molecule has 5 heteroatoms. The summed E-state index contributed by atoms with van der Waals surface area (Å²) in [6, 6.07) is 7.27. The molecular formula is C16H24ClN3O. The number of hydrogen-bond donors (Lipinski definition) is 2. The first-order chi connectivity index (χ1) is 9.98. The third-order valence-electron chi connectivity index (χ3n) is 4.18. The first kappa shape index (κ1) is 16.3. The molecule has 0 bridgehead atoms. The maximum Gasteiger partial charge on any atom is 0.238 e. The minimum atomic E-state index is -0.0559. The maximum atomic E-state index is 11.9. The van der Waals surface area contributed by atoms with Gasteiger partial charge in [0.1, 0.15) is 0 Å². The number of hydrogen-bond acceptors (Lipinski definition) is 3. The summed E-state index contributed by atoms with van der Waals surface area (Å²) in [6.45, 7) is 5.74. The quantitative estimate of drug-likeness (QED) is 0.879. The van der Waals surface area contributed by atoms with Crippen LogP contribution in [-0.4, -0.2) is 44.0 Å². The summed E-state index contributed by atoms with van der Waals surface area (Å²) in [4.78, 5) is 14.3. The zero-order chi connectivity index (χ0) is 15.3. The van der Waals surface area contributed by atoms with Gasteiger partial charge in [-0.05, 0) is 50.5 Å². The summed E-state index contributed by atoms with van der Waals surface area (Å²) in [5.41, 5.74) is 0.952. The van der Waals surface area contributed by atoms with E-state index in [1.165, 1.54) is 12.8 Å². The lowest BCUT2D eigenvalue weighted by atomic mass is 9.80. The van der Waals surface area contributed by atoms with Crippen LogP contribution in [0.25, 0.3) is 0 Å². The fraction of sp³-hybridized carbons (Fsp3) is 0.562. The molecule has 0 unspecified atom stereocenters. The molecule has 21 heavy (non-hydrogen) atoms. The highest BCUT2D eigenvalue weighted by Gasteiger charge is 2.28. The first-order valence-electron chi connectivity index (χ1n) is 7.42. The molecule has 0 atom stereocenters. The highest BCUT2D eigenvalue weighted by Crippen LogP contribution is 2.29. The molecule has 1 aromatic carbocycles. The van der Waals surface area contributed by atoms with Crippen molar-refractivity contribution in [1.82, 2.24) is 10.2 Å². The van der Waals surface area contributed by atoms with Crippen molar-refractivity contribution in [2.24, 2.45) is 5.41 Å². The van der Waals surface area contributed by atoms with E-state index in [4.69, 9.17) is 11.6 Å². The van der Waals surface area contributed by atoms with Crippen molar-refractivity contribution < 1.29 is 4.79 Å². The number of carbonyl (C=O) groups is 1. The monoisotopic (exact) mass is 309 g/mol. The SMILES string of the molecule is CN1CCC(C)(CNCC(=O)Nc2ccccc2Cl)CC1. The Morgan fingerprint density at radius 2 is 2.00 bits per heavy atom. The predicted octanol–water partition coefficient (Wildman–Crippen LogP) is 2.60. The van der Waals surface area contributed by atoms with Crippen molar-refractivity contribution in [2.45, 2.75) is 19.8 Å². The second kappa shape index (κ2) is 7.25. The normalized spacial score (nSPS) is 18.4. The first-order valence-corrected chi connectivity index (χ1v) is 7.80. The van der Waals surface area contributed by atoms with E-state index < -0.39 is 0 Å². The number of benzene rings is 1. The van der Waals surface area contributed by atoms with E-state index in [1.54, 1.807) is 12.1 Å². The van der Waals surface area contributed by atoms with Crippen LogP contribution in [0.15, 0.2) is 24.3 Å². The molecule has 0 aromatic heterocycles. The summed E-state index contributed by atoms with van der Waals surface area (Å²) in [5, 5.41) is 6.67. The van der Waals surface area contributed by atoms with Gasteiger partial charge in [0.05, 0.1) is 17.3 Å². The molecule has 4 nitrogen and oxygen atoms in total. The molecule has 2 rings (SSSR count). The van der Waals surface area contributed by atoms with E-state index >= 15 is 0 Å². The smallest absolute Gasteiger partial charge is 0.238 e. The standard InChI is InChI=1S/C16H24ClN3O/c1-16(7-9-20(2)10-8-16)12-18-11-15(21)19-14-6-4-3-5-13(14)17/h3-6,18H,7-12H2,1-2H3,(H,19,21). The minimum Gasteiger partial charge on any atom is -0.324 e. The number of likely N-dealkylation sites (tertiary alicyclic amines) is 1. The molecule has 1 heterocycles. The summed E-state index contributed by atoms with van der Waals surface area (Å²) in [5.74, 6) is -0.0559. The Balaban J connectivity index is 1.73. The molecule has 1 aliphatic heterocycles. The highest BCUT2D eigenvalue weighted by molar-refractivity contribution is 6.33. The van der Waals surface area contributed by atoms with Gasteiger partial charge in [-0.15, -0.1) is 0 Å². The molecule has 0 aliphatic carbocycles. The van der Waals surface area contributed by atoms with Gasteiger partial charge in [0, 0.05) is 6.54 Å². The number of piperidine rings is 1. The van der Waals surface area contributed by atoms with E-state index in [2.05, 4.69) is 29.5 Å². The number of amides is 1. The van der Waals surface area contributed by atoms with Gasteiger partial charge in [-0.2, -0.15) is 0 Å². The zero-order valence-electron chi connectivity index (χ0n) is 12.8. The molecule has 0 radical (unpaired) electrons. The minimum absolute atomic E-state index is 0.0559. The third-order valence-corrected chi connectivity index (χ3v) is 4.51. The molecule has 1 fully saturated rings. The molecule has 2 N–H and O–H groups in total. The van der Waals surface area contributed by atoms with Gasteiger partial charge in [-0.1, -0.05) is 30.7 Å². The maximum absolute atomic E-state index is 11.9. The molecule has 0 saturated carbocycles. The van der Waals surface area contributed by atoms with Gasteiger partial charge >= 0.3 is 0 Å². The second-order valence-electron chi connectivity index (χ2n) is 6.25. The average Bonchev–Trinajstić information content (AvgIpc) is 2.45. The van der Waals surface area contributed by atoms with Crippen LogP contribution >= 0.6 is 11.6 Å². The summed E-state index contributed by atoms with van der Waals surface area (Å²) < 4.78 is 0. The van der Waals surface area contributed by atoms with Crippen molar-refractivity contribution >= 4 is 23.2 Å². The van der Waals surface area contributed by atoms with Crippen molar-refractivity contribution in [2.75, 3.05) is 38.5 Å². The van der Waals surface area contributed by atoms with Gasteiger partial charge in [-0.3, -0.25) is 4.79 Å². The number of carbonyl (C=O) groups excluding carboxylic acids is 1. The molecule has 1 aliphatic rings. The van der Waals surface area contributed by atoms with Crippen LogP contribution in [-0.2, 0) is 4.79 Å². The van der Waals surface area contributed by atoms with Crippen molar-refractivity contribution in [1.29, 1.82) is 0 Å². The Morgan fingerprint density at radius 1 is 1.33 bits per heavy atom. The Bertz CT molecular complexity index is 484. The van der Waals surface area contributed by atoms with Gasteiger partial charge in [0.25, 0.3) is 0 Å². The average molecular weight is 310 g/mol. The zero-order valence-corrected chi connectivity index (χ0v) is 13.5. The lowest BCUT2D eigenvalue weighted by molar-refractivity contribution is -0.115. The van der Waals surface area contributed by atoms with Crippen molar-refractivity contribution in [3.8, 4) is 0 Å². The number of halogens is 1. The molecular weight excluding hydrogens is 286 g/mol. The van der Waals surface area contributed by atoms with Crippen molar-refractivity contribution in [3.63, 3.8) is 0 Å². The van der Waals surface area contributed by atoms with Gasteiger partial charge in [0.2, 0.25) is 5.91 Å².